The fourth-order valence-corrected chi connectivity index (χ4v) is 0.812. The molecule has 0 spiro atoms. The van der Waals surface area contributed by atoms with Gasteiger partial charge in [0.25, 0.3) is 5.91 Å². The topological polar surface area (TPSA) is 56.4 Å². The molecule has 72 valence electrons. The Bertz CT molecular complexity index is 125. The maximum absolute atomic E-state index is 11.2. The average Bonchev–Trinajstić information content (AvgIpc) is 2.07. The van der Waals surface area contributed by atoms with Gasteiger partial charge in [-0.1, -0.05) is 6.92 Å². The van der Waals surface area contributed by atoms with Gasteiger partial charge in [-0.15, -0.1) is 0 Å². The lowest BCUT2D eigenvalue weighted by molar-refractivity contribution is -0.136. The summed E-state index contributed by atoms with van der Waals surface area (Å²) in [6.07, 6.45) is 1.03. The molecular formula is C7H18N4O. The molecule has 5 heteroatoms. The Kier molecular flexibility index (Phi) is 6.64. The first-order chi connectivity index (χ1) is 5.76. The van der Waals surface area contributed by atoms with E-state index in [4.69, 9.17) is 0 Å². The van der Waals surface area contributed by atoms with Gasteiger partial charge in [-0.05, 0) is 13.0 Å². The SMILES string of the molecule is CCCNCC(=O)N(NC)NC. The van der Waals surface area contributed by atoms with Gasteiger partial charge in [0.2, 0.25) is 0 Å². The standard InChI is InChI=1S/C7H18N4O/c1-4-5-10-6-7(12)11(8-2)9-3/h8-10H,4-6H2,1-3H3. The average molecular weight is 174 g/mol. The molecule has 0 aliphatic rings. The Morgan fingerprint density at radius 3 is 2.33 bits per heavy atom. The molecule has 0 unspecified atom stereocenters. The highest BCUT2D eigenvalue weighted by Crippen LogP contribution is 1.76. The number of nitrogens with one attached hydrogen (secondary N) is 3. The summed E-state index contributed by atoms with van der Waals surface area (Å²) in [5.74, 6) is -0.0200. The molecule has 1 amide bonds. The van der Waals surface area contributed by atoms with Crippen LogP contribution in [-0.4, -0.2) is 38.2 Å². The van der Waals surface area contributed by atoms with Crippen LogP contribution in [0.1, 0.15) is 13.3 Å². The summed E-state index contributed by atoms with van der Waals surface area (Å²) in [7, 11) is 3.38. The van der Waals surface area contributed by atoms with E-state index in [0.717, 1.165) is 13.0 Å². The van der Waals surface area contributed by atoms with Crippen molar-refractivity contribution in [1.29, 1.82) is 0 Å². The monoisotopic (exact) mass is 174 g/mol. The van der Waals surface area contributed by atoms with E-state index in [2.05, 4.69) is 23.1 Å². The molecule has 0 saturated carbocycles. The number of hydrogen-bond acceptors (Lipinski definition) is 4. The molecule has 0 aliphatic carbocycles. The van der Waals surface area contributed by atoms with Crippen molar-refractivity contribution in [2.24, 2.45) is 0 Å². The molecule has 0 heterocycles. The van der Waals surface area contributed by atoms with E-state index in [1.165, 1.54) is 5.12 Å². The van der Waals surface area contributed by atoms with Gasteiger partial charge in [0.05, 0.1) is 6.54 Å². The van der Waals surface area contributed by atoms with Gasteiger partial charge in [0.1, 0.15) is 0 Å². The number of rotatable bonds is 6. The number of amides is 1. The van der Waals surface area contributed by atoms with Crippen molar-refractivity contribution in [2.75, 3.05) is 27.2 Å². The third-order valence-corrected chi connectivity index (χ3v) is 1.40. The fourth-order valence-electron chi connectivity index (χ4n) is 0.812. The van der Waals surface area contributed by atoms with Gasteiger partial charge >= 0.3 is 0 Å². The van der Waals surface area contributed by atoms with Crippen molar-refractivity contribution < 1.29 is 4.79 Å². The van der Waals surface area contributed by atoms with E-state index < -0.39 is 0 Å². The molecule has 0 aromatic rings. The number of hydrogen-bond donors (Lipinski definition) is 3. The van der Waals surface area contributed by atoms with Crippen LogP contribution in [0.25, 0.3) is 0 Å². The molecule has 5 nitrogen and oxygen atoms in total. The molecule has 0 bridgehead atoms. The number of nitrogens with zero attached hydrogens (tertiary/aromatic N) is 1. The highest BCUT2D eigenvalue weighted by atomic mass is 16.2. The maximum Gasteiger partial charge on any atom is 0.265 e. The molecular weight excluding hydrogens is 156 g/mol. The van der Waals surface area contributed by atoms with E-state index in [0.29, 0.717) is 6.54 Å². The van der Waals surface area contributed by atoms with Crippen molar-refractivity contribution >= 4 is 5.91 Å². The zero-order chi connectivity index (χ0) is 9.40. The molecule has 0 aromatic heterocycles. The quantitative estimate of drug-likeness (QED) is 0.360. The zero-order valence-electron chi connectivity index (χ0n) is 7.98. The summed E-state index contributed by atoms with van der Waals surface area (Å²) in [6, 6.07) is 0. The minimum Gasteiger partial charge on any atom is -0.308 e. The molecule has 0 aliphatic heterocycles. The second kappa shape index (κ2) is 7.02. The predicted octanol–water partition coefficient (Wildman–Crippen LogP) is -0.917. The van der Waals surface area contributed by atoms with Crippen LogP contribution < -0.4 is 16.2 Å². The van der Waals surface area contributed by atoms with Gasteiger partial charge in [0, 0.05) is 14.1 Å². The highest BCUT2D eigenvalue weighted by Gasteiger charge is 2.07. The van der Waals surface area contributed by atoms with Crippen LogP contribution >= 0.6 is 0 Å². The first-order valence-corrected chi connectivity index (χ1v) is 4.14. The Balaban J connectivity index is 3.54. The minimum absolute atomic E-state index is 0.0200. The summed E-state index contributed by atoms with van der Waals surface area (Å²) in [5.41, 5.74) is 5.42. The van der Waals surface area contributed by atoms with Crippen LogP contribution in [-0.2, 0) is 4.79 Å². The second-order valence-electron chi connectivity index (χ2n) is 2.35. The van der Waals surface area contributed by atoms with Crippen LogP contribution in [0.15, 0.2) is 0 Å². The molecule has 0 radical (unpaired) electrons. The van der Waals surface area contributed by atoms with Gasteiger partial charge in [-0.25, -0.2) is 16.0 Å². The van der Waals surface area contributed by atoms with Crippen molar-refractivity contribution in [3.05, 3.63) is 0 Å². The van der Waals surface area contributed by atoms with Crippen molar-refractivity contribution in [3.63, 3.8) is 0 Å². The van der Waals surface area contributed by atoms with Crippen LogP contribution in [0.5, 0.6) is 0 Å². The normalized spacial score (nSPS) is 9.92. The van der Waals surface area contributed by atoms with Gasteiger partial charge < -0.3 is 5.32 Å². The van der Waals surface area contributed by atoms with Crippen LogP contribution in [0, 0.1) is 0 Å². The molecule has 0 fully saturated rings. The Morgan fingerprint density at radius 2 is 1.92 bits per heavy atom. The van der Waals surface area contributed by atoms with Gasteiger partial charge in [0.15, 0.2) is 0 Å². The first-order valence-electron chi connectivity index (χ1n) is 4.14. The fraction of sp³-hybridized carbons (Fsp3) is 0.857. The Hall–Kier alpha value is -0.650. The lowest BCUT2D eigenvalue weighted by atomic mass is 10.4. The largest absolute Gasteiger partial charge is 0.308 e. The summed E-state index contributed by atoms with van der Waals surface area (Å²) in [6.45, 7) is 3.29. The first kappa shape index (κ1) is 11.4. The lowest BCUT2D eigenvalue weighted by Gasteiger charge is -2.19. The Morgan fingerprint density at radius 1 is 1.33 bits per heavy atom. The third kappa shape index (κ3) is 4.27. The van der Waals surface area contributed by atoms with Crippen LogP contribution in [0.2, 0.25) is 0 Å². The van der Waals surface area contributed by atoms with E-state index >= 15 is 0 Å². The van der Waals surface area contributed by atoms with Crippen LogP contribution in [0.3, 0.4) is 0 Å². The van der Waals surface area contributed by atoms with E-state index in [-0.39, 0.29) is 5.91 Å². The zero-order valence-corrected chi connectivity index (χ0v) is 7.98. The summed E-state index contributed by atoms with van der Waals surface area (Å²) in [5, 5.41) is 4.35. The molecule has 0 rings (SSSR count). The molecule has 0 saturated heterocycles. The molecule has 0 aromatic carbocycles. The van der Waals surface area contributed by atoms with Crippen molar-refractivity contribution in [3.8, 4) is 0 Å². The third-order valence-electron chi connectivity index (χ3n) is 1.40. The predicted molar refractivity (Wildman–Crippen MR) is 48.1 cm³/mol. The molecule has 0 atom stereocenters. The summed E-state index contributed by atoms with van der Waals surface area (Å²) in [4.78, 5) is 11.2. The summed E-state index contributed by atoms with van der Waals surface area (Å²) >= 11 is 0. The summed E-state index contributed by atoms with van der Waals surface area (Å²) < 4.78 is 0. The van der Waals surface area contributed by atoms with Crippen LogP contribution in [0.4, 0.5) is 0 Å². The van der Waals surface area contributed by atoms with E-state index in [1.807, 2.05) is 0 Å². The smallest absolute Gasteiger partial charge is 0.265 e. The minimum atomic E-state index is -0.0200. The second-order valence-corrected chi connectivity index (χ2v) is 2.35. The maximum atomic E-state index is 11.2. The molecule has 12 heavy (non-hydrogen) atoms. The lowest BCUT2D eigenvalue weighted by Crippen LogP contribution is -2.51. The van der Waals surface area contributed by atoms with E-state index in [9.17, 15) is 4.79 Å². The Labute approximate surface area is 73.4 Å². The number of hydrazine groups is 2. The number of carbonyl (C=O) groups excluding carboxylic acids is 1. The van der Waals surface area contributed by atoms with Gasteiger partial charge in [-0.3, -0.25) is 4.79 Å². The van der Waals surface area contributed by atoms with Crippen molar-refractivity contribution in [1.82, 2.24) is 21.3 Å². The highest BCUT2D eigenvalue weighted by molar-refractivity contribution is 5.77. The van der Waals surface area contributed by atoms with Crippen molar-refractivity contribution in [2.45, 2.75) is 13.3 Å². The molecule has 3 N–H and O–H groups in total. The number of carbonyl (C=O) groups is 1. The van der Waals surface area contributed by atoms with Gasteiger partial charge in [-0.2, -0.15) is 0 Å². The van der Waals surface area contributed by atoms with E-state index in [1.54, 1.807) is 14.1 Å².